The highest BCUT2D eigenvalue weighted by Crippen LogP contribution is 2.30. The number of nitrogens with one attached hydrogen (secondary N) is 1. The van der Waals surface area contributed by atoms with Crippen LogP contribution in [0.15, 0.2) is 71.6 Å². The molecule has 0 heterocycles. The molecule has 0 aliphatic carbocycles. The van der Waals surface area contributed by atoms with Gasteiger partial charge in [-0.2, -0.15) is 0 Å². The summed E-state index contributed by atoms with van der Waals surface area (Å²) in [5.41, 5.74) is 1.72. The maximum absolute atomic E-state index is 13.8. The van der Waals surface area contributed by atoms with Gasteiger partial charge in [-0.25, -0.2) is 8.42 Å². The Hall–Kier alpha value is -2.78. The Morgan fingerprint density at radius 1 is 0.895 bits per heavy atom. The summed E-state index contributed by atoms with van der Waals surface area (Å²) in [5.74, 6) is -0.959. The predicted molar refractivity (Wildman–Crippen MR) is 152 cm³/mol. The van der Waals surface area contributed by atoms with Gasteiger partial charge in [-0.15, -0.1) is 0 Å². The highest BCUT2D eigenvalue weighted by Gasteiger charge is 2.32. The zero-order valence-electron chi connectivity index (χ0n) is 21.1. The molecule has 0 radical (unpaired) electrons. The molecule has 1 N–H and O–H groups in total. The van der Waals surface area contributed by atoms with Gasteiger partial charge >= 0.3 is 0 Å². The Bertz CT molecular complexity index is 1380. The maximum atomic E-state index is 13.8. The number of carbonyl (C=O) groups is 2. The third-order valence-electron chi connectivity index (χ3n) is 5.81. The van der Waals surface area contributed by atoms with Crippen LogP contribution < -0.4 is 9.62 Å². The Morgan fingerprint density at radius 3 is 2.03 bits per heavy atom. The molecular formula is C27H28Cl3N3O4S. The second-order valence-electron chi connectivity index (χ2n) is 8.67. The number of rotatable bonds is 10. The molecule has 0 saturated heterocycles. The number of nitrogens with zero attached hydrogens (tertiary/aromatic N) is 2. The molecule has 0 bridgehead atoms. The monoisotopic (exact) mass is 595 g/mol. The smallest absolute Gasteiger partial charge is 0.264 e. The number of likely N-dealkylation sites (N-methyl/N-ethyl adjacent to an activating group) is 1. The fourth-order valence-corrected chi connectivity index (χ4v) is 5.78. The van der Waals surface area contributed by atoms with E-state index >= 15 is 0 Å². The van der Waals surface area contributed by atoms with Crippen LogP contribution in [-0.4, -0.2) is 44.3 Å². The van der Waals surface area contributed by atoms with Gasteiger partial charge in [-0.3, -0.25) is 13.9 Å². The molecule has 11 heteroatoms. The van der Waals surface area contributed by atoms with Crippen LogP contribution in [0.1, 0.15) is 25.0 Å². The van der Waals surface area contributed by atoms with Crippen molar-refractivity contribution in [3.05, 3.63) is 92.9 Å². The van der Waals surface area contributed by atoms with E-state index < -0.39 is 28.5 Å². The molecule has 1 atom stereocenters. The van der Waals surface area contributed by atoms with Gasteiger partial charge in [0.15, 0.2) is 0 Å². The topological polar surface area (TPSA) is 86.8 Å². The predicted octanol–water partition coefficient (Wildman–Crippen LogP) is 5.70. The van der Waals surface area contributed by atoms with E-state index in [0.717, 1.165) is 15.4 Å². The van der Waals surface area contributed by atoms with Crippen LogP contribution >= 0.6 is 34.8 Å². The van der Waals surface area contributed by atoms with Gasteiger partial charge < -0.3 is 10.2 Å². The van der Waals surface area contributed by atoms with Crippen molar-refractivity contribution in [2.75, 3.05) is 17.4 Å². The third kappa shape index (κ3) is 7.41. The molecule has 3 rings (SSSR count). The van der Waals surface area contributed by atoms with Crippen LogP contribution in [-0.2, 0) is 26.2 Å². The fourth-order valence-electron chi connectivity index (χ4n) is 3.74. The molecule has 0 aromatic heterocycles. The first-order valence-electron chi connectivity index (χ1n) is 11.8. The lowest BCUT2D eigenvalue weighted by molar-refractivity contribution is -0.139. The Morgan fingerprint density at radius 2 is 1.47 bits per heavy atom. The van der Waals surface area contributed by atoms with Crippen LogP contribution in [0.2, 0.25) is 15.1 Å². The first kappa shape index (κ1) is 29.8. The van der Waals surface area contributed by atoms with Crippen LogP contribution in [0.4, 0.5) is 5.69 Å². The average molecular weight is 597 g/mol. The van der Waals surface area contributed by atoms with Crippen molar-refractivity contribution in [2.24, 2.45) is 0 Å². The van der Waals surface area contributed by atoms with Gasteiger partial charge in [0, 0.05) is 28.2 Å². The van der Waals surface area contributed by atoms with Gasteiger partial charge in [0.05, 0.1) is 10.6 Å². The number of anilines is 1. The van der Waals surface area contributed by atoms with Crippen molar-refractivity contribution in [1.82, 2.24) is 10.2 Å². The highest BCUT2D eigenvalue weighted by atomic mass is 35.5. The van der Waals surface area contributed by atoms with Gasteiger partial charge in [-0.1, -0.05) is 64.6 Å². The van der Waals surface area contributed by atoms with Crippen molar-refractivity contribution in [3.8, 4) is 0 Å². The molecule has 2 amide bonds. The lowest BCUT2D eigenvalue weighted by Crippen LogP contribution is -2.51. The highest BCUT2D eigenvalue weighted by molar-refractivity contribution is 7.92. The lowest BCUT2D eigenvalue weighted by Gasteiger charge is -2.32. The van der Waals surface area contributed by atoms with Crippen molar-refractivity contribution in [3.63, 3.8) is 0 Å². The molecule has 0 saturated carbocycles. The second kappa shape index (κ2) is 12.8. The SMILES string of the molecule is CCNC(=O)[C@@H](C)N(Cc1ccc(Cl)cc1)C(=O)CN(c1cc(Cl)cc(Cl)c1)S(=O)(=O)c1ccc(C)cc1. The maximum Gasteiger partial charge on any atom is 0.264 e. The van der Waals surface area contributed by atoms with E-state index in [1.165, 1.54) is 35.2 Å². The summed E-state index contributed by atoms with van der Waals surface area (Å²) in [7, 11) is -4.22. The largest absolute Gasteiger partial charge is 0.355 e. The van der Waals surface area contributed by atoms with E-state index in [0.29, 0.717) is 11.6 Å². The normalized spacial score (nSPS) is 12.1. The Balaban J connectivity index is 2.06. The number of aryl methyl sites for hydroxylation is 1. The average Bonchev–Trinajstić information content (AvgIpc) is 2.86. The van der Waals surface area contributed by atoms with Gasteiger partial charge in [0.2, 0.25) is 11.8 Å². The summed E-state index contributed by atoms with van der Waals surface area (Å²) in [5, 5.41) is 3.65. The number of carbonyl (C=O) groups excluding carboxylic acids is 2. The van der Waals surface area contributed by atoms with Crippen molar-refractivity contribution < 1.29 is 18.0 Å². The Labute approximate surface area is 238 Å². The molecule has 0 spiro atoms. The summed E-state index contributed by atoms with van der Waals surface area (Å²) in [4.78, 5) is 27.9. The van der Waals surface area contributed by atoms with Crippen LogP contribution in [0.3, 0.4) is 0 Å². The molecule has 0 aliphatic rings. The number of hydrogen-bond donors (Lipinski definition) is 1. The number of hydrogen-bond acceptors (Lipinski definition) is 4. The first-order valence-corrected chi connectivity index (χ1v) is 14.4. The van der Waals surface area contributed by atoms with Gasteiger partial charge in [-0.05, 0) is 68.8 Å². The van der Waals surface area contributed by atoms with Crippen LogP contribution in [0, 0.1) is 6.92 Å². The van der Waals surface area contributed by atoms with Crippen molar-refractivity contribution >= 4 is 62.3 Å². The molecule has 7 nitrogen and oxygen atoms in total. The van der Waals surface area contributed by atoms with E-state index in [1.807, 2.05) is 6.92 Å². The van der Waals surface area contributed by atoms with E-state index in [-0.39, 0.29) is 33.1 Å². The quantitative estimate of drug-likeness (QED) is 0.325. The zero-order valence-corrected chi connectivity index (χ0v) is 24.2. The summed E-state index contributed by atoms with van der Waals surface area (Å²) in [6.45, 7) is 5.04. The van der Waals surface area contributed by atoms with E-state index in [9.17, 15) is 18.0 Å². The minimum Gasteiger partial charge on any atom is -0.355 e. The lowest BCUT2D eigenvalue weighted by atomic mass is 10.1. The fraction of sp³-hybridized carbons (Fsp3) is 0.259. The molecule has 0 unspecified atom stereocenters. The summed E-state index contributed by atoms with van der Waals surface area (Å²) >= 11 is 18.4. The summed E-state index contributed by atoms with van der Waals surface area (Å²) < 4.78 is 28.6. The minimum absolute atomic E-state index is 0.00646. The molecular weight excluding hydrogens is 569 g/mol. The minimum atomic E-state index is -4.22. The summed E-state index contributed by atoms with van der Waals surface area (Å²) in [6, 6.07) is 16.5. The third-order valence-corrected chi connectivity index (χ3v) is 8.28. The molecule has 3 aromatic rings. The van der Waals surface area contributed by atoms with Crippen LogP contribution in [0.25, 0.3) is 0 Å². The number of halogens is 3. The molecule has 202 valence electrons. The molecule has 0 aliphatic heterocycles. The van der Waals surface area contributed by atoms with Crippen molar-refractivity contribution in [1.29, 1.82) is 0 Å². The molecule has 3 aromatic carbocycles. The Kier molecular flexibility index (Phi) is 10.1. The van der Waals surface area contributed by atoms with Crippen molar-refractivity contribution in [2.45, 2.75) is 38.3 Å². The summed E-state index contributed by atoms with van der Waals surface area (Å²) in [6.07, 6.45) is 0. The van der Waals surface area contributed by atoms with E-state index in [4.69, 9.17) is 34.8 Å². The number of benzene rings is 3. The van der Waals surface area contributed by atoms with Gasteiger partial charge in [0.25, 0.3) is 10.0 Å². The standard InChI is InChI=1S/C27H28Cl3N3O4S/c1-4-31-27(35)19(3)32(16-20-7-9-21(28)10-8-20)26(34)17-33(24-14-22(29)13-23(30)15-24)38(36,37)25-11-5-18(2)6-12-25/h5-15,19H,4,16-17H2,1-3H3,(H,31,35)/t19-/m1/s1. The number of amides is 2. The molecule has 0 fully saturated rings. The van der Waals surface area contributed by atoms with Gasteiger partial charge in [0.1, 0.15) is 12.6 Å². The molecule has 38 heavy (non-hydrogen) atoms. The van der Waals surface area contributed by atoms with Crippen LogP contribution in [0.5, 0.6) is 0 Å². The van der Waals surface area contributed by atoms with E-state index in [2.05, 4.69) is 5.32 Å². The first-order chi connectivity index (χ1) is 17.9. The number of sulfonamides is 1. The second-order valence-corrected chi connectivity index (χ2v) is 11.8. The van der Waals surface area contributed by atoms with E-state index in [1.54, 1.807) is 50.2 Å². The zero-order chi connectivity index (χ0) is 28.0.